The van der Waals surface area contributed by atoms with Crippen LogP contribution in [0.15, 0.2) is 30.3 Å². The van der Waals surface area contributed by atoms with Crippen molar-refractivity contribution in [3.05, 3.63) is 35.9 Å². The summed E-state index contributed by atoms with van der Waals surface area (Å²) in [6.07, 6.45) is 7.71. The van der Waals surface area contributed by atoms with E-state index in [9.17, 15) is 0 Å². The Morgan fingerprint density at radius 2 is 1.84 bits per heavy atom. The Morgan fingerprint density at radius 1 is 1.21 bits per heavy atom. The Hall–Kier alpha value is -0.860. The Kier molecular flexibility index (Phi) is 5.00. The van der Waals surface area contributed by atoms with Crippen molar-refractivity contribution in [2.45, 2.75) is 57.0 Å². The van der Waals surface area contributed by atoms with Gasteiger partial charge in [-0.05, 0) is 45.2 Å². The van der Waals surface area contributed by atoms with Crippen LogP contribution in [0.5, 0.6) is 0 Å². The maximum Gasteiger partial charge on any atom is 0.0306 e. The molecule has 0 radical (unpaired) electrons. The van der Waals surface area contributed by atoms with Gasteiger partial charge in [-0.15, -0.1) is 0 Å². The molecule has 0 aromatic heterocycles. The average molecular weight is 260 g/mol. The summed E-state index contributed by atoms with van der Waals surface area (Å²) < 4.78 is 0. The lowest BCUT2D eigenvalue weighted by Crippen LogP contribution is -2.53. The average Bonchev–Trinajstić information content (AvgIpc) is 2.99. The zero-order chi connectivity index (χ0) is 13.7. The fourth-order valence-corrected chi connectivity index (χ4v) is 3.21. The van der Waals surface area contributed by atoms with E-state index in [1.807, 2.05) is 0 Å². The first kappa shape index (κ1) is 14.5. The third-order valence-electron chi connectivity index (χ3n) is 4.96. The minimum Gasteiger partial charge on any atom is -0.329 e. The number of nitrogens with zero attached hydrogens (tertiary/aromatic N) is 1. The molecule has 0 spiro atoms. The topological polar surface area (TPSA) is 29.3 Å². The first-order valence-electron chi connectivity index (χ1n) is 7.63. The molecular weight excluding hydrogens is 232 g/mol. The summed E-state index contributed by atoms with van der Waals surface area (Å²) in [5, 5.41) is 0. The first-order valence-corrected chi connectivity index (χ1v) is 7.63. The monoisotopic (exact) mass is 260 g/mol. The number of benzene rings is 1. The van der Waals surface area contributed by atoms with E-state index in [2.05, 4.69) is 49.2 Å². The van der Waals surface area contributed by atoms with Crippen LogP contribution in [0, 0.1) is 0 Å². The smallest absolute Gasteiger partial charge is 0.0306 e. The lowest BCUT2D eigenvalue weighted by molar-refractivity contribution is 0.0866. The van der Waals surface area contributed by atoms with E-state index in [-0.39, 0.29) is 5.54 Å². The van der Waals surface area contributed by atoms with Crippen LogP contribution in [0.3, 0.4) is 0 Å². The van der Waals surface area contributed by atoms with Gasteiger partial charge in [-0.25, -0.2) is 0 Å². The predicted molar refractivity (Wildman–Crippen MR) is 82.2 cm³/mol. The molecule has 1 atom stereocenters. The van der Waals surface area contributed by atoms with Gasteiger partial charge in [-0.1, -0.05) is 43.2 Å². The number of hydrogen-bond donors (Lipinski definition) is 1. The molecule has 2 heteroatoms. The normalized spacial score (nSPS) is 19.8. The minimum atomic E-state index is 0.130. The number of nitrogens with two attached hydrogens (primary N) is 1. The zero-order valence-corrected chi connectivity index (χ0v) is 12.4. The van der Waals surface area contributed by atoms with E-state index in [4.69, 9.17) is 5.73 Å². The SMILES string of the molecule is CN(C1CCCC1)C(C)(CN)CCc1ccccc1. The molecule has 1 fully saturated rings. The molecule has 0 amide bonds. The van der Waals surface area contributed by atoms with Gasteiger partial charge in [0.15, 0.2) is 0 Å². The maximum atomic E-state index is 6.10. The molecule has 0 aliphatic heterocycles. The van der Waals surface area contributed by atoms with Crippen molar-refractivity contribution in [3.8, 4) is 0 Å². The zero-order valence-electron chi connectivity index (χ0n) is 12.4. The van der Waals surface area contributed by atoms with Crippen molar-refractivity contribution in [2.24, 2.45) is 5.73 Å². The highest BCUT2D eigenvalue weighted by Gasteiger charge is 2.33. The summed E-state index contributed by atoms with van der Waals surface area (Å²) in [7, 11) is 2.27. The van der Waals surface area contributed by atoms with E-state index in [0.717, 1.165) is 25.4 Å². The van der Waals surface area contributed by atoms with E-state index < -0.39 is 0 Å². The number of likely N-dealkylation sites (N-methyl/N-ethyl adjacent to an activating group) is 1. The molecule has 0 saturated heterocycles. The van der Waals surface area contributed by atoms with Gasteiger partial charge < -0.3 is 5.73 Å². The fraction of sp³-hybridized carbons (Fsp3) is 0.647. The molecule has 0 bridgehead atoms. The van der Waals surface area contributed by atoms with Crippen LogP contribution in [-0.4, -0.2) is 30.1 Å². The fourth-order valence-electron chi connectivity index (χ4n) is 3.21. The molecule has 2 N–H and O–H groups in total. The second-order valence-electron chi connectivity index (χ2n) is 6.24. The highest BCUT2D eigenvalue weighted by atomic mass is 15.2. The molecular formula is C17H28N2. The van der Waals surface area contributed by atoms with Crippen molar-refractivity contribution in [2.75, 3.05) is 13.6 Å². The highest BCUT2D eigenvalue weighted by Crippen LogP contribution is 2.30. The summed E-state index contributed by atoms with van der Waals surface area (Å²) >= 11 is 0. The number of rotatable bonds is 6. The van der Waals surface area contributed by atoms with Crippen LogP contribution in [0.25, 0.3) is 0 Å². The van der Waals surface area contributed by atoms with Crippen molar-refractivity contribution in [1.82, 2.24) is 4.90 Å². The van der Waals surface area contributed by atoms with Crippen LogP contribution < -0.4 is 5.73 Å². The van der Waals surface area contributed by atoms with Crippen molar-refractivity contribution in [3.63, 3.8) is 0 Å². The van der Waals surface area contributed by atoms with Gasteiger partial charge in [-0.3, -0.25) is 4.90 Å². The van der Waals surface area contributed by atoms with E-state index in [0.29, 0.717) is 0 Å². The van der Waals surface area contributed by atoms with E-state index in [1.54, 1.807) is 0 Å². The molecule has 2 nitrogen and oxygen atoms in total. The molecule has 1 saturated carbocycles. The summed E-state index contributed by atoms with van der Waals surface area (Å²) in [5.41, 5.74) is 7.65. The van der Waals surface area contributed by atoms with Gasteiger partial charge in [0, 0.05) is 18.1 Å². The Labute approximate surface area is 118 Å². The van der Waals surface area contributed by atoms with Crippen LogP contribution in [0.2, 0.25) is 0 Å². The van der Waals surface area contributed by atoms with Gasteiger partial charge in [0.05, 0.1) is 0 Å². The van der Waals surface area contributed by atoms with Crippen LogP contribution in [-0.2, 0) is 6.42 Å². The van der Waals surface area contributed by atoms with Crippen LogP contribution >= 0.6 is 0 Å². The molecule has 1 aliphatic carbocycles. The van der Waals surface area contributed by atoms with Gasteiger partial charge in [0.25, 0.3) is 0 Å². The van der Waals surface area contributed by atoms with Crippen molar-refractivity contribution < 1.29 is 0 Å². The van der Waals surface area contributed by atoms with Gasteiger partial charge >= 0.3 is 0 Å². The van der Waals surface area contributed by atoms with E-state index >= 15 is 0 Å². The molecule has 1 aromatic rings. The number of hydrogen-bond acceptors (Lipinski definition) is 2. The van der Waals surface area contributed by atoms with Gasteiger partial charge in [-0.2, -0.15) is 0 Å². The van der Waals surface area contributed by atoms with Crippen LogP contribution in [0.1, 0.15) is 44.6 Å². The predicted octanol–water partition coefficient (Wildman–Crippen LogP) is 3.21. The molecule has 1 unspecified atom stereocenters. The Morgan fingerprint density at radius 3 is 2.42 bits per heavy atom. The molecule has 0 heterocycles. The van der Waals surface area contributed by atoms with Gasteiger partial charge in [0.1, 0.15) is 0 Å². The standard InChI is InChI=1S/C17H28N2/c1-17(14-18,19(2)16-10-6-7-11-16)13-12-15-8-4-3-5-9-15/h3-5,8-9,16H,6-7,10-14,18H2,1-2H3. The third kappa shape index (κ3) is 3.58. The maximum absolute atomic E-state index is 6.10. The lowest BCUT2D eigenvalue weighted by Gasteiger charge is -2.42. The van der Waals surface area contributed by atoms with Crippen LogP contribution in [0.4, 0.5) is 0 Å². The van der Waals surface area contributed by atoms with E-state index in [1.165, 1.54) is 31.2 Å². The second-order valence-corrected chi connectivity index (χ2v) is 6.24. The Bertz CT molecular complexity index is 370. The summed E-state index contributed by atoms with van der Waals surface area (Å²) in [4.78, 5) is 2.56. The summed E-state index contributed by atoms with van der Waals surface area (Å²) in [6, 6.07) is 11.5. The summed E-state index contributed by atoms with van der Waals surface area (Å²) in [6.45, 7) is 3.07. The lowest BCUT2D eigenvalue weighted by atomic mass is 9.90. The second kappa shape index (κ2) is 6.53. The first-order chi connectivity index (χ1) is 9.15. The van der Waals surface area contributed by atoms with Crippen molar-refractivity contribution >= 4 is 0 Å². The molecule has 1 aromatic carbocycles. The third-order valence-corrected chi connectivity index (χ3v) is 4.96. The quantitative estimate of drug-likeness (QED) is 0.851. The largest absolute Gasteiger partial charge is 0.329 e. The highest BCUT2D eigenvalue weighted by molar-refractivity contribution is 5.15. The minimum absolute atomic E-state index is 0.130. The van der Waals surface area contributed by atoms with Gasteiger partial charge in [0.2, 0.25) is 0 Å². The Balaban J connectivity index is 1.96. The van der Waals surface area contributed by atoms with Crippen molar-refractivity contribution in [1.29, 1.82) is 0 Å². The molecule has 1 aliphatic rings. The summed E-state index contributed by atoms with van der Waals surface area (Å²) in [5.74, 6) is 0. The number of aryl methyl sites for hydroxylation is 1. The molecule has 2 rings (SSSR count). The molecule has 106 valence electrons. The molecule has 19 heavy (non-hydrogen) atoms.